The molecule has 0 spiro atoms. The summed E-state index contributed by atoms with van der Waals surface area (Å²) in [5, 5.41) is 4.96. The quantitative estimate of drug-likeness (QED) is 0.186. The molecule has 2 aromatic heterocycles. The van der Waals surface area contributed by atoms with Gasteiger partial charge in [-0.25, -0.2) is 0 Å². The minimum Gasteiger partial charge on any atom is -0.458 e. The Balaban J connectivity index is 1.19. The summed E-state index contributed by atoms with van der Waals surface area (Å²) >= 11 is 0. The van der Waals surface area contributed by atoms with Gasteiger partial charge in [-0.3, -0.25) is 0 Å². The molecule has 0 bridgehead atoms. The van der Waals surface area contributed by atoms with Crippen molar-refractivity contribution in [1.29, 1.82) is 0 Å². The third-order valence-corrected chi connectivity index (χ3v) is 10.0. The third kappa shape index (κ3) is 3.38. The zero-order chi connectivity index (χ0) is 30.6. The van der Waals surface area contributed by atoms with Crippen LogP contribution >= 0.6 is 0 Å². The lowest BCUT2D eigenvalue weighted by atomic mass is 9.35. The molecule has 0 saturated heterocycles. The third-order valence-electron chi connectivity index (χ3n) is 10.0. The highest BCUT2D eigenvalue weighted by atomic mass is 16.5. The van der Waals surface area contributed by atoms with E-state index in [4.69, 9.17) is 9.47 Å². The van der Waals surface area contributed by atoms with Crippen LogP contribution < -0.4 is 25.9 Å². The molecule has 0 aliphatic carbocycles. The fraction of sp³-hybridized carbons (Fsp3) is 0. The van der Waals surface area contributed by atoms with E-state index in [9.17, 15) is 0 Å². The molecular formula is C42H25BN2O2. The SMILES string of the molecule is c1ccc(-n2c3ccccc3c3cc4c5ccccc5n(-c5ccc6c(c5)Oc5cccc7c5B6c5ccccc5O7)c4cc32)cc1. The van der Waals surface area contributed by atoms with Crippen molar-refractivity contribution in [1.82, 2.24) is 9.13 Å². The second-order valence-electron chi connectivity index (χ2n) is 12.5. The molecule has 0 fully saturated rings. The lowest BCUT2D eigenvalue weighted by Crippen LogP contribution is -2.57. The topological polar surface area (TPSA) is 28.3 Å². The molecular weight excluding hydrogens is 575 g/mol. The second kappa shape index (κ2) is 9.18. The van der Waals surface area contributed by atoms with E-state index in [-0.39, 0.29) is 6.71 Å². The molecule has 5 heteroatoms. The second-order valence-corrected chi connectivity index (χ2v) is 12.5. The van der Waals surface area contributed by atoms with Gasteiger partial charge in [0.25, 0.3) is 6.71 Å². The Morgan fingerprint density at radius 2 is 0.936 bits per heavy atom. The highest BCUT2D eigenvalue weighted by Gasteiger charge is 2.39. The summed E-state index contributed by atoms with van der Waals surface area (Å²) in [6, 6.07) is 54.0. The summed E-state index contributed by atoms with van der Waals surface area (Å²) in [5.41, 5.74) is 10.3. The van der Waals surface area contributed by atoms with E-state index in [0.29, 0.717) is 0 Å². The minimum atomic E-state index is 0.0447. The summed E-state index contributed by atoms with van der Waals surface area (Å²) in [7, 11) is 0. The van der Waals surface area contributed by atoms with E-state index in [0.717, 1.165) is 56.3 Å². The molecule has 218 valence electrons. The first kappa shape index (κ1) is 25.0. The summed E-state index contributed by atoms with van der Waals surface area (Å²) < 4.78 is 17.8. The number of ether oxygens (including phenoxy) is 2. The number of nitrogens with zero attached hydrogens (tertiary/aromatic N) is 2. The van der Waals surface area contributed by atoms with Crippen molar-refractivity contribution < 1.29 is 9.47 Å². The van der Waals surface area contributed by atoms with Crippen LogP contribution in [-0.4, -0.2) is 15.8 Å². The maximum absolute atomic E-state index is 6.69. The zero-order valence-corrected chi connectivity index (χ0v) is 25.2. The molecule has 0 N–H and O–H groups in total. The summed E-state index contributed by atoms with van der Waals surface area (Å²) in [5.74, 6) is 3.49. The van der Waals surface area contributed by atoms with Gasteiger partial charge in [0.15, 0.2) is 0 Å². The van der Waals surface area contributed by atoms with Gasteiger partial charge < -0.3 is 18.6 Å². The molecule has 0 unspecified atom stereocenters. The summed E-state index contributed by atoms with van der Waals surface area (Å²) in [4.78, 5) is 0. The van der Waals surface area contributed by atoms with Crippen LogP contribution in [0.4, 0.5) is 0 Å². The molecule has 7 aromatic carbocycles. The van der Waals surface area contributed by atoms with Crippen LogP contribution in [0, 0.1) is 0 Å². The molecule has 11 rings (SSSR count). The smallest absolute Gasteiger partial charge is 0.260 e. The van der Waals surface area contributed by atoms with Crippen molar-refractivity contribution in [2.75, 3.05) is 0 Å². The summed E-state index contributed by atoms with van der Waals surface area (Å²) in [6.07, 6.45) is 0. The van der Waals surface area contributed by atoms with Gasteiger partial charge in [0, 0.05) is 44.4 Å². The van der Waals surface area contributed by atoms with Crippen molar-refractivity contribution >= 4 is 66.7 Å². The van der Waals surface area contributed by atoms with Gasteiger partial charge >= 0.3 is 0 Å². The monoisotopic (exact) mass is 600 g/mol. The normalized spacial score (nSPS) is 13.0. The predicted molar refractivity (Wildman–Crippen MR) is 193 cm³/mol. The minimum absolute atomic E-state index is 0.0447. The van der Waals surface area contributed by atoms with Gasteiger partial charge in [-0.2, -0.15) is 0 Å². The van der Waals surface area contributed by atoms with Crippen LogP contribution in [0.15, 0.2) is 152 Å². The Labute approximate surface area is 270 Å². The lowest BCUT2D eigenvalue weighted by Gasteiger charge is -2.33. The van der Waals surface area contributed by atoms with E-state index in [1.165, 1.54) is 38.1 Å². The van der Waals surface area contributed by atoms with Crippen molar-refractivity contribution in [2.45, 2.75) is 0 Å². The van der Waals surface area contributed by atoms with Crippen molar-refractivity contribution in [3.63, 3.8) is 0 Å². The van der Waals surface area contributed by atoms with Crippen molar-refractivity contribution in [2.24, 2.45) is 0 Å². The maximum Gasteiger partial charge on any atom is 0.260 e. The Bertz CT molecular complexity index is 2760. The van der Waals surface area contributed by atoms with Crippen LogP contribution in [0.2, 0.25) is 0 Å². The number of fused-ring (bicyclic) bond motifs is 10. The maximum atomic E-state index is 6.69. The molecule has 2 aliphatic heterocycles. The fourth-order valence-electron chi connectivity index (χ4n) is 8.07. The molecule has 47 heavy (non-hydrogen) atoms. The number of benzene rings is 7. The van der Waals surface area contributed by atoms with Crippen molar-refractivity contribution in [3.05, 3.63) is 152 Å². The van der Waals surface area contributed by atoms with Gasteiger partial charge in [-0.1, -0.05) is 84.9 Å². The highest BCUT2D eigenvalue weighted by molar-refractivity contribution is 6.98. The number of rotatable bonds is 2. The molecule has 2 aliphatic rings. The number of hydrogen-bond donors (Lipinski definition) is 0. The number of aromatic nitrogens is 2. The molecule has 4 heterocycles. The number of hydrogen-bond acceptors (Lipinski definition) is 2. The average Bonchev–Trinajstić information content (AvgIpc) is 3.62. The van der Waals surface area contributed by atoms with Gasteiger partial charge in [0.1, 0.15) is 23.0 Å². The van der Waals surface area contributed by atoms with Gasteiger partial charge in [0.2, 0.25) is 0 Å². The molecule has 4 nitrogen and oxygen atoms in total. The Hall–Kier alpha value is -6.20. The van der Waals surface area contributed by atoms with Crippen LogP contribution in [0.5, 0.6) is 23.0 Å². The van der Waals surface area contributed by atoms with E-state index in [2.05, 4.69) is 143 Å². The largest absolute Gasteiger partial charge is 0.458 e. The first-order valence-corrected chi connectivity index (χ1v) is 16.1. The van der Waals surface area contributed by atoms with Gasteiger partial charge in [-0.15, -0.1) is 0 Å². The molecule has 0 atom stereocenters. The van der Waals surface area contributed by atoms with E-state index >= 15 is 0 Å². The average molecular weight is 600 g/mol. The van der Waals surface area contributed by atoms with Crippen LogP contribution in [0.25, 0.3) is 55.0 Å². The summed E-state index contributed by atoms with van der Waals surface area (Å²) in [6.45, 7) is 0.0447. The van der Waals surface area contributed by atoms with Crippen LogP contribution in [0.3, 0.4) is 0 Å². The fourth-order valence-corrected chi connectivity index (χ4v) is 8.07. The number of para-hydroxylation sites is 4. The first-order chi connectivity index (χ1) is 23.3. The Morgan fingerprint density at radius 3 is 1.68 bits per heavy atom. The molecule has 0 amide bonds. The predicted octanol–water partition coefficient (Wildman–Crippen LogP) is 8.61. The lowest BCUT2D eigenvalue weighted by molar-refractivity contribution is 0.464. The van der Waals surface area contributed by atoms with E-state index in [1.54, 1.807) is 0 Å². The molecule has 0 saturated carbocycles. The highest BCUT2D eigenvalue weighted by Crippen LogP contribution is 2.41. The Kier molecular flexibility index (Phi) is 4.89. The van der Waals surface area contributed by atoms with Crippen molar-refractivity contribution in [3.8, 4) is 34.4 Å². The zero-order valence-electron chi connectivity index (χ0n) is 25.2. The van der Waals surface area contributed by atoms with E-state index in [1.807, 2.05) is 18.2 Å². The standard InChI is InChI=1S/C42H25BN2O2/c1-2-11-26(12-3-1)44-34-16-7-4-13-28(34)30-24-31-29-14-5-8-17-35(29)45(37(31)25-36(30)44)27-21-22-33-41(23-27)47-40-20-10-19-39-42(40)43(33)32-15-6-9-18-38(32)46-39/h1-25H. The van der Waals surface area contributed by atoms with Crippen LogP contribution in [0.1, 0.15) is 0 Å². The van der Waals surface area contributed by atoms with Gasteiger partial charge in [-0.05, 0) is 71.6 Å². The van der Waals surface area contributed by atoms with Gasteiger partial charge in [0.05, 0.1) is 22.1 Å². The molecule has 0 radical (unpaired) electrons. The molecule has 9 aromatic rings. The first-order valence-electron chi connectivity index (χ1n) is 16.1. The van der Waals surface area contributed by atoms with E-state index < -0.39 is 0 Å². The van der Waals surface area contributed by atoms with Crippen LogP contribution in [-0.2, 0) is 0 Å². The Morgan fingerprint density at radius 1 is 0.362 bits per heavy atom.